The van der Waals surface area contributed by atoms with Gasteiger partial charge in [-0.1, -0.05) is 0 Å². The highest BCUT2D eigenvalue weighted by atomic mass is 19.4. The number of fused-ring (bicyclic) bond motifs is 1. The molecule has 3 atom stereocenters. The zero-order chi connectivity index (χ0) is 21.0. The van der Waals surface area contributed by atoms with Gasteiger partial charge in [0.2, 0.25) is 0 Å². The summed E-state index contributed by atoms with van der Waals surface area (Å²) in [4.78, 5) is 27.6. The van der Waals surface area contributed by atoms with Crippen LogP contribution in [0.1, 0.15) is 36.0 Å². The Morgan fingerprint density at radius 2 is 2.00 bits per heavy atom. The van der Waals surface area contributed by atoms with E-state index in [2.05, 4.69) is 4.98 Å². The average Bonchev–Trinajstić information content (AvgIpc) is 3.44. The maximum Gasteiger partial charge on any atom is 0.490 e. The van der Waals surface area contributed by atoms with Crippen LogP contribution in [0.5, 0.6) is 0 Å². The summed E-state index contributed by atoms with van der Waals surface area (Å²) in [6.07, 6.45) is 2.98. The van der Waals surface area contributed by atoms with Crippen LogP contribution in [0.4, 0.5) is 13.2 Å². The number of carbonyl (C=O) groups is 2. The lowest BCUT2D eigenvalue weighted by Crippen LogP contribution is -2.54. The minimum absolute atomic E-state index is 0.0353. The maximum atomic E-state index is 12.7. The van der Waals surface area contributed by atoms with E-state index in [1.165, 1.54) is 12.8 Å². The lowest BCUT2D eigenvalue weighted by Gasteiger charge is -2.39. The van der Waals surface area contributed by atoms with E-state index >= 15 is 0 Å². The third kappa shape index (κ3) is 5.66. The Balaban J connectivity index is 0.000000298. The van der Waals surface area contributed by atoms with Crippen molar-refractivity contribution in [3.05, 3.63) is 30.1 Å². The van der Waals surface area contributed by atoms with E-state index in [0.29, 0.717) is 18.7 Å². The van der Waals surface area contributed by atoms with Crippen molar-refractivity contribution in [3.63, 3.8) is 0 Å². The molecule has 1 saturated heterocycles. The van der Waals surface area contributed by atoms with Crippen molar-refractivity contribution in [2.45, 2.75) is 50.1 Å². The molecule has 4 rings (SSSR count). The Morgan fingerprint density at radius 3 is 2.59 bits per heavy atom. The predicted octanol–water partition coefficient (Wildman–Crippen LogP) is 2.51. The summed E-state index contributed by atoms with van der Waals surface area (Å²) in [6.45, 7) is 2.11. The fourth-order valence-corrected chi connectivity index (χ4v) is 3.55. The predicted molar refractivity (Wildman–Crippen MR) is 94.2 cm³/mol. The number of amides is 1. The zero-order valence-electron chi connectivity index (χ0n) is 15.7. The highest BCUT2D eigenvalue weighted by molar-refractivity contribution is 5.94. The van der Waals surface area contributed by atoms with Crippen LogP contribution in [0.25, 0.3) is 0 Å². The summed E-state index contributed by atoms with van der Waals surface area (Å²) in [5.41, 5.74) is 0.658. The lowest BCUT2D eigenvalue weighted by atomic mass is 10.1. The standard InChI is InChI=1S/C17H22N2O3.C2HF3O2/c20-17(13-2-1-7-18-10-13)19-8-9-21-16-14(19)5-6-15(16)22-11-12-3-4-12;3-2(4,5)1(6)7/h1-2,7,10,12,14-16H,3-6,8-9,11H2;(H,6,7)/t14-,15+,16+;/m0./s1. The molecule has 3 aliphatic rings. The third-order valence-electron chi connectivity index (χ3n) is 5.19. The molecule has 2 aliphatic carbocycles. The molecule has 0 bridgehead atoms. The topological polar surface area (TPSA) is 89.0 Å². The molecule has 10 heteroatoms. The largest absolute Gasteiger partial charge is 0.490 e. The van der Waals surface area contributed by atoms with Crippen LogP contribution in [-0.4, -0.2) is 71.1 Å². The smallest absolute Gasteiger partial charge is 0.475 e. The molecular weight excluding hydrogens is 393 g/mol. The number of hydrogen-bond donors (Lipinski definition) is 1. The number of halogens is 3. The van der Waals surface area contributed by atoms with Gasteiger partial charge in [-0.2, -0.15) is 13.2 Å². The highest BCUT2D eigenvalue weighted by Crippen LogP contribution is 2.35. The quantitative estimate of drug-likeness (QED) is 0.812. The molecule has 0 unspecified atom stereocenters. The van der Waals surface area contributed by atoms with E-state index in [-0.39, 0.29) is 24.2 Å². The first-order valence-electron chi connectivity index (χ1n) is 9.51. The van der Waals surface area contributed by atoms with Crippen molar-refractivity contribution >= 4 is 11.9 Å². The van der Waals surface area contributed by atoms with Crippen LogP contribution in [0, 0.1) is 5.92 Å². The number of alkyl halides is 3. The lowest BCUT2D eigenvalue weighted by molar-refractivity contribution is -0.192. The minimum Gasteiger partial charge on any atom is -0.475 e. The van der Waals surface area contributed by atoms with Gasteiger partial charge in [-0.15, -0.1) is 0 Å². The number of morpholine rings is 1. The number of aliphatic carboxylic acids is 1. The molecule has 1 N–H and O–H groups in total. The van der Waals surface area contributed by atoms with Crippen LogP contribution in [-0.2, 0) is 14.3 Å². The Hall–Kier alpha value is -2.20. The Morgan fingerprint density at radius 1 is 1.28 bits per heavy atom. The van der Waals surface area contributed by atoms with Crippen LogP contribution >= 0.6 is 0 Å². The summed E-state index contributed by atoms with van der Waals surface area (Å²) in [5.74, 6) is -1.93. The minimum atomic E-state index is -5.08. The number of ether oxygens (including phenoxy) is 2. The number of aromatic nitrogens is 1. The van der Waals surface area contributed by atoms with E-state index in [9.17, 15) is 18.0 Å². The van der Waals surface area contributed by atoms with Gasteiger partial charge in [-0.05, 0) is 43.7 Å². The SMILES string of the molecule is O=C(O)C(F)(F)F.O=C(c1cccnc1)N1CCO[C@H]2[C@H](OCC3CC3)CC[C@@H]21. The highest BCUT2D eigenvalue weighted by Gasteiger charge is 2.45. The maximum absolute atomic E-state index is 12.7. The molecule has 0 spiro atoms. The Kier molecular flexibility index (Phi) is 6.74. The van der Waals surface area contributed by atoms with E-state index in [1.54, 1.807) is 18.5 Å². The van der Waals surface area contributed by atoms with E-state index in [0.717, 1.165) is 25.4 Å². The van der Waals surface area contributed by atoms with Gasteiger partial charge < -0.3 is 19.5 Å². The number of carboxylic acids is 1. The molecule has 2 heterocycles. The first-order chi connectivity index (χ1) is 13.8. The van der Waals surface area contributed by atoms with Crippen LogP contribution < -0.4 is 0 Å². The molecule has 3 fully saturated rings. The third-order valence-corrected chi connectivity index (χ3v) is 5.19. The van der Waals surface area contributed by atoms with Gasteiger partial charge in [-0.25, -0.2) is 4.79 Å². The van der Waals surface area contributed by atoms with E-state index in [1.807, 2.05) is 11.0 Å². The van der Waals surface area contributed by atoms with Gasteiger partial charge in [0.25, 0.3) is 5.91 Å². The normalized spacial score (nSPS) is 26.3. The summed E-state index contributed by atoms with van der Waals surface area (Å²) < 4.78 is 43.7. The molecule has 160 valence electrons. The first-order valence-corrected chi connectivity index (χ1v) is 9.51. The molecule has 1 aromatic heterocycles. The summed E-state index contributed by atoms with van der Waals surface area (Å²) in [7, 11) is 0. The second kappa shape index (κ2) is 9.08. The zero-order valence-corrected chi connectivity index (χ0v) is 15.7. The van der Waals surface area contributed by atoms with Gasteiger partial charge in [0.05, 0.1) is 24.3 Å². The van der Waals surface area contributed by atoms with Crippen molar-refractivity contribution in [3.8, 4) is 0 Å². The van der Waals surface area contributed by atoms with Gasteiger partial charge in [0.15, 0.2) is 0 Å². The molecule has 0 radical (unpaired) electrons. The van der Waals surface area contributed by atoms with Gasteiger partial charge in [0.1, 0.15) is 6.10 Å². The summed E-state index contributed by atoms with van der Waals surface area (Å²) >= 11 is 0. The van der Waals surface area contributed by atoms with Crippen LogP contribution in [0.15, 0.2) is 24.5 Å². The van der Waals surface area contributed by atoms with Crippen LogP contribution in [0.3, 0.4) is 0 Å². The van der Waals surface area contributed by atoms with Crippen LogP contribution in [0.2, 0.25) is 0 Å². The number of carbonyl (C=O) groups excluding carboxylic acids is 1. The van der Waals surface area contributed by atoms with Gasteiger partial charge >= 0.3 is 12.1 Å². The second-order valence-electron chi connectivity index (χ2n) is 7.34. The molecule has 1 amide bonds. The van der Waals surface area contributed by atoms with Crippen molar-refractivity contribution in [2.24, 2.45) is 5.92 Å². The van der Waals surface area contributed by atoms with E-state index < -0.39 is 12.1 Å². The Bertz CT molecular complexity index is 712. The Labute approximate surface area is 165 Å². The van der Waals surface area contributed by atoms with E-state index in [4.69, 9.17) is 19.4 Å². The van der Waals surface area contributed by atoms with Gasteiger partial charge in [0, 0.05) is 25.5 Å². The monoisotopic (exact) mass is 416 g/mol. The van der Waals surface area contributed by atoms with Crippen molar-refractivity contribution < 1.29 is 37.3 Å². The second-order valence-corrected chi connectivity index (χ2v) is 7.34. The molecule has 29 heavy (non-hydrogen) atoms. The average molecular weight is 416 g/mol. The molecule has 7 nitrogen and oxygen atoms in total. The number of pyridine rings is 1. The molecule has 1 aliphatic heterocycles. The number of rotatable bonds is 4. The number of hydrogen-bond acceptors (Lipinski definition) is 5. The molecule has 0 aromatic carbocycles. The fraction of sp³-hybridized carbons (Fsp3) is 0.632. The summed E-state index contributed by atoms with van der Waals surface area (Å²) in [6, 6.07) is 3.78. The van der Waals surface area contributed by atoms with Crippen molar-refractivity contribution in [1.29, 1.82) is 0 Å². The number of carboxylic acid groups (broad SMARTS) is 1. The number of nitrogens with zero attached hydrogens (tertiary/aromatic N) is 2. The molecular formula is C19H23F3N2O5. The summed E-state index contributed by atoms with van der Waals surface area (Å²) in [5, 5.41) is 7.12. The van der Waals surface area contributed by atoms with Crippen molar-refractivity contribution in [2.75, 3.05) is 19.8 Å². The molecule has 1 aromatic rings. The first kappa shape index (κ1) is 21.5. The fourth-order valence-electron chi connectivity index (χ4n) is 3.55. The van der Waals surface area contributed by atoms with Crippen molar-refractivity contribution in [1.82, 2.24) is 9.88 Å². The van der Waals surface area contributed by atoms with Gasteiger partial charge in [-0.3, -0.25) is 9.78 Å². The molecule has 2 saturated carbocycles.